The van der Waals surface area contributed by atoms with Gasteiger partial charge in [-0.05, 0) is 26.8 Å². The van der Waals surface area contributed by atoms with Gasteiger partial charge in [0.25, 0.3) is 5.91 Å². The van der Waals surface area contributed by atoms with Crippen molar-refractivity contribution in [2.75, 3.05) is 17.7 Å². The molecule has 0 saturated heterocycles. The molecule has 2 aromatic heterocycles. The summed E-state index contributed by atoms with van der Waals surface area (Å²) in [7, 11) is 0. The number of aryl methyl sites for hydroxylation is 2. The zero-order valence-corrected chi connectivity index (χ0v) is 12.8. The Labute approximate surface area is 125 Å². The summed E-state index contributed by atoms with van der Waals surface area (Å²) in [6.07, 6.45) is 0. The highest BCUT2D eigenvalue weighted by Crippen LogP contribution is 2.29. The molecule has 0 spiro atoms. The predicted octanol–water partition coefficient (Wildman–Crippen LogP) is 2.10. The molecule has 0 saturated carbocycles. The number of anilines is 2. The van der Waals surface area contributed by atoms with E-state index in [1.807, 2.05) is 6.92 Å². The average molecular weight is 308 g/mol. The van der Waals surface area contributed by atoms with Gasteiger partial charge in [-0.2, -0.15) is 5.10 Å². The Morgan fingerprint density at radius 2 is 2.19 bits per heavy atom. The van der Waals surface area contributed by atoms with Gasteiger partial charge >= 0.3 is 5.97 Å². The summed E-state index contributed by atoms with van der Waals surface area (Å²) >= 11 is 1.29. The zero-order valence-electron chi connectivity index (χ0n) is 11.9. The van der Waals surface area contributed by atoms with Gasteiger partial charge in [0.2, 0.25) is 0 Å². The van der Waals surface area contributed by atoms with Crippen molar-refractivity contribution >= 4 is 33.9 Å². The van der Waals surface area contributed by atoms with E-state index in [1.54, 1.807) is 19.9 Å². The highest BCUT2D eigenvalue weighted by atomic mass is 32.1. The Kier molecular flexibility index (Phi) is 4.27. The van der Waals surface area contributed by atoms with Crippen LogP contribution in [-0.2, 0) is 4.74 Å². The van der Waals surface area contributed by atoms with Crippen LogP contribution in [0.3, 0.4) is 0 Å². The number of rotatable bonds is 4. The van der Waals surface area contributed by atoms with Crippen LogP contribution < -0.4 is 11.1 Å². The molecular formula is C13H16N4O3S. The predicted molar refractivity (Wildman–Crippen MR) is 80.7 cm³/mol. The molecule has 0 bridgehead atoms. The normalized spacial score (nSPS) is 10.4. The Morgan fingerprint density at radius 1 is 1.48 bits per heavy atom. The van der Waals surface area contributed by atoms with Crippen molar-refractivity contribution < 1.29 is 14.3 Å². The maximum atomic E-state index is 12.2. The van der Waals surface area contributed by atoms with Crippen molar-refractivity contribution in [1.29, 1.82) is 0 Å². The molecule has 0 fully saturated rings. The largest absolute Gasteiger partial charge is 0.462 e. The van der Waals surface area contributed by atoms with E-state index >= 15 is 0 Å². The number of amides is 1. The summed E-state index contributed by atoms with van der Waals surface area (Å²) in [4.78, 5) is 24.9. The number of thiophene rings is 1. The number of ether oxygens (including phenoxy) is 1. The van der Waals surface area contributed by atoms with Crippen LogP contribution in [0.1, 0.15) is 38.3 Å². The first-order chi connectivity index (χ1) is 9.93. The van der Waals surface area contributed by atoms with Gasteiger partial charge in [-0.15, -0.1) is 11.3 Å². The average Bonchev–Trinajstić information content (AvgIpc) is 2.94. The molecule has 0 aliphatic carbocycles. The van der Waals surface area contributed by atoms with E-state index in [9.17, 15) is 9.59 Å². The number of H-pyrrole nitrogens is 1. The van der Waals surface area contributed by atoms with Gasteiger partial charge in [0.05, 0.1) is 23.6 Å². The second kappa shape index (κ2) is 5.96. The van der Waals surface area contributed by atoms with Crippen LogP contribution in [0.2, 0.25) is 0 Å². The zero-order chi connectivity index (χ0) is 15.6. The van der Waals surface area contributed by atoms with E-state index in [4.69, 9.17) is 10.5 Å². The molecule has 0 atom stereocenters. The first-order valence-corrected chi connectivity index (χ1v) is 7.15. The van der Waals surface area contributed by atoms with Gasteiger partial charge in [0.1, 0.15) is 5.00 Å². The first-order valence-electron chi connectivity index (χ1n) is 6.33. The first kappa shape index (κ1) is 15.0. The van der Waals surface area contributed by atoms with E-state index in [1.165, 1.54) is 11.3 Å². The topological polar surface area (TPSA) is 110 Å². The Morgan fingerprint density at radius 3 is 2.76 bits per heavy atom. The number of hydrogen-bond acceptors (Lipinski definition) is 6. The number of nitrogens with one attached hydrogen (secondary N) is 2. The molecule has 0 aliphatic heterocycles. The molecule has 21 heavy (non-hydrogen) atoms. The molecule has 7 nitrogen and oxygen atoms in total. The van der Waals surface area contributed by atoms with Crippen LogP contribution in [0.5, 0.6) is 0 Å². The molecular weight excluding hydrogens is 292 g/mol. The van der Waals surface area contributed by atoms with Crippen LogP contribution in [0.25, 0.3) is 0 Å². The summed E-state index contributed by atoms with van der Waals surface area (Å²) in [5.41, 5.74) is 7.11. The molecule has 2 heterocycles. The second-order valence-electron chi connectivity index (χ2n) is 4.39. The SMILES string of the molecule is CCOC(=O)c1cc(C)sc1NC(=O)c1n[nH]c(C)c1N. The van der Waals surface area contributed by atoms with Gasteiger partial charge in [-0.3, -0.25) is 9.89 Å². The molecule has 0 aromatic carbocycles. The number of nitrogens with two attached hydrogens (primary N) is 1. The van der Waals surface area contributed by atoms with Crippen molar-refractivity contribution in [3.63, 3.8) is 0 Å². The van der Waals surface area contributed by atoms with E-state index in [0.29, 0.717) is 21.9 Å². The van der Waals surface area contributed by atoms with Crippen molar-refractivity contribution in [3.05, 3.63) is 27.9 Å². The van der Waals surface area contributed by atoms with Crippen molar-refractivity contribution in [3.8, 4) is 0 Å². The van der Waals surface area contributed by atoms with Crippen LogP contribution in [-0.4, -0.2) is 28.7 Å². The third-order valence-electron chi connectivity index (χ3n) is 2.79. The Bertz CT molecular complexity index is 690. The second-order valence-corrected chi connectivity index (χ2v) is 5.64. The van der Waals surface area contributed by atoms with Crippen molar-refractivity contribution in [2.45, 2.75) is 20.8 Å². The fourth-order valence-corrected chi connectivity index (χ4v) is 2.64. The lowest BCUT2D eigenvalue weighted by atomic mass is 10.2. The molecule has 0 aliphatic rings. The summed E-state index contributed by atoms with van der Waals surface area (Å²) in [6.45, 7) is 5.56. The Hall–Kier alpha value is -2.35. The number of hydrogen-bond donors (Lipinski definition) is 3. The van der Waals surface area contributed by atoms with Crippen LogP contribution in [0.15, 0.2) is 6.07 Å². The molecule has 112 valence electrons. The van der Waals surface area contributed by atoms with E-state index in [-0.39, 0.29) is 12.3 Å². The smallest absolute Gasteiger partial charge is 0.341 e. The summed E-state index contributed by atoms with van der Waals surface area (Å²) in [5, 5.41) is 9.58. The molecule has 4 N–H and O–H groups in total. The Balaban J connectivity index is 2.25. The van der Waals surface area contributed by atoms with Crippen molar-refractivity contribution in [2.24, 2.45) is 0 Å². The van der Waals surface area contributed by atoms with E-state index in [0.717, 1.165) is 4.88 Å². The fourth-order valence-electron chi connectivity index (χ4n) is 1.74. The van der Waals surface area contributed by atoms with Crippen molar-refractivity contribution in [1.82, 2.24) is 10.2 Å². The summed E-state index contributed by atoms with van der Waals surface area (Å²) in [5.74, 6) is -0.937. The number of carbonyl (C=O) groups excluding carboxylic acids is 2. The minimum absolute atomic E-state index is 0.105. The van der Waals surface area contributed by atoms with Gasteiger partial charge in [0.15, 0.2) is 5.69 Å². The van der Waals surface area contributed by atoms with E-state index in [2.05, 4.69) is 15.5 Å². The summed E-state index contributed by atoms with van der Waals surface area (Å²) < 4.78 is 4.97. The molecule has 0 unspecified atom stereocenters. The molecule has 8 heteroatoms. The summed E-state index contributed by atoms with van der Waals surface area (Å²) in [6, 6.07) is 1.68. The van der Waals surface area contributed by atoms with Crippen LogP contribution in [0.4, 0.5) is 10.7 Å². The number of esters is 1. The molecule has 2 aromatic rings. The van der Waals surface area contributed by atoms with E-state index < -0.39 is 11.9 Å². The minimum atomic E-state index is -0.469. The van der Waals surface area contributed by atoms with Crippen LogP contribution in [0, 0.1) is 13.8 Å². The van der Waals surface area contributed by atoms with Gasteiger partial charge in [0, 0.05) is 4.88 Å². The van der Waals surface area contributed by atoms with Gasteiger partial charge < -0.3 is 15.8 Å². The number of aromatic amines is 1. The van der Waals surface area contributed by atoms with Crippen LogP contribution >= 0.6 is 11.3 Å². The number of nitrogens with zero attached hydrogens (tertiary/aromatic N) is 1. The lowest BCUT2D eigenvalue weighted by molar-refractivity contribution is 0.0528. The number of carbonyl (C=O) groups is 2. The van der Waals surface area contributed by atoms with Gasteiger partial charge in [-0.25, -0.2) is 4.79 Å². The maximum Gasteiger partial charge on any atom is 0.341 e. The third-order valence-corrected chi connectivity index (χ3v) is 3.75. The molecule has 0 radical (unpaired) electrons. The van der Waals surface area contributed by atoms with Gasteiger partial charge in [-0.1, -0.05) is 0 Å². The number of aromatic nitrogens is 2. The maximum absolute atomic E-state index is 12.2. The fraction of sp³-hybridized carbons (Fsp3) is 0.308. The third kappa shape index (κ3) is 3.05. The minimum Gasteiger partial charge on any atom is -0.462 e. The molecule has 1 amide bonds. The lowest BCUT2D eigenvalue weighted by Gasteiger charge is -2.05. The quantitative estimate of drug-likeness (QED) is 0.749. The standard InChI is InChI=1S/C13H16N4O3S/c1-4-20-13(19)8-5-6(2)21-12(8)15-11(18)10-9(14)7(3)16-17-10/h5H,4,14H2,1-3H3,(H,15,18)(H,16,17). The highest BCUT2D eigenvalue weighted by molar-refractivity contribution is 7.16. The number of nitrogen functional groups attached to an aromatic ring is 1. The molecule has 2 rings (SSSR count). The monoisotopic (exact) mass is 308 g/mol. The highest BCUT2D eigenvalue weighted by Gasteiger charge is 2.21. The lowest BCUT2D eigenvalue weighted by Crippen LogP contribution is -2.16.